The lowest BCUT2D eigenvalue weighted by Crippen LogP contribution is -2.22. The number of nitrogens with two attached hydrogens (primary N) is 1. The number of rotatable bonds is 7. The van der Waals surface area contributed by atoms with Crippen molar-refractivity contribution in [3.63, 3.8) is 0 Å². The quantitative estimate of drug-likeness (QED) is 0.377. The molecule has 2 atom stereocenters. The third-order valence-corrected chi connectivity index (χ3v) is 5.10. The molecule has 4 N–H and O–H groups in total. The zero-order valence-corrected chi connectivity index (χ0v) is 16.9. The van der Waals surface area contributed by atoms with Crippen molar-refractivity contribution >= 4 is 11.5 Å². The molecule has 1 aromatic carbocycles. The number of fused-ring (bicyclic) bond motifs is 3. The highest BCUT2D eigenvalue weighted by Crippen LogP contribution is 2.33. The van der Waals surface area contributed by atoms with E-state index in [1.54, 1.807) is 0 Å². The summed E-state index contributed by atoms with van der Waals surface area (Å²) in [6.07, 6.45) is 10.9. The van der Waals surface area contributed by atoms with Gasteiger partial charge in [0.2, 0.25) is 0 Å². The van der Waals surface area contributed by atoms with Gasteiger partial charge in [0.1, 0.15) is 12.0 Å². The van der Waals surface area contributed by atoms with Crippen LogP contribution in [0, 0.1) is 12.8 Å². The molecule has 1 aliphatic carbocycles. The number of hydrogen-bond acceptors (Lipinski definition) is 5. The van der Waals surface area contributed by atoms with Crippen LogP contribution < -0.4 is 11.1 Å². The van der Waals surface area contributed by atoms with Crippen LogP contribution in [0.25, 0.3) is 11.3 Å². The van der Waals surface area contributed by atoms with Gasteiger partial charge in [-0.1, -0.05) is 37.3 Å². The highest BCUT2D eigenvalue weighted by atomic mass is 16.3. The molecule has 1 aromatic heterocycles. The van der Waals surface area contributed by atoms with Crippen LogP contribution in [-0.2, 0) is 12.8 Å². The fourth-order valence-electron chi connectivity index (χ4n) is 3.50. The monoisotopic (exact) mass is 378 g/mol. The van der Waals surface area contributed by atoms with Crippen molar-refractivity contribution in [1.82, 2.24) is 9.97 Å². The molecule has 0 bridgehead atoms. The first-order valence-corrected chi connectivity index (χ1v) is 9.98. The predicted octanol–water partition coefficient (Wildman–Crippen LogP) is 4.41. The van der Waals surface area contributed by atoms with Crippen LogP contribution in [0.3, 0.4) is 0 Å². The fraction of sp³-hybridized carbons (Fsp3) is 0.391. The number of hydrogen-bond donors (Lipinski definition) is 3. The second-order valence-electron chi connectivity index (χ2n) is 7.49. The minimum Gasteiger partial charge on any atom is -0.399 e. The Morgan fingerprint density at radius 1 is 1.21 bits per heavy atom. The average molecular weight is 379 g/mol. The maximum Gasteiger partial charge on any atom is 0.149 e. The Morgan fingerprint density at radius 2 is 2.04 bits per heavy atom. The summed E-state index contributed by atoms with van der Waals surface area (Å²) in [7, 11) is 0. The lowest BCUT2D eigenvalue weighted by molar-refractivity contribution is 0.185. The average Bonchev–Trinajstić information content (AvgIpc) is 2.67. The molecule has 0 amide bonds. The van der Waals surface area contributed by atoms with Crippen molar-refractivity contribution < 1.29 is 5.11 Å². The van der Waals surface area contributed by atoms with Gasteiger partial charge in [0.15, 0.2) is 0 Å². The minimum atomic E-state index is -0.640. The Kier molecular flexibility index (Phi) is 6.47. The number of aryl methyl sites for hydroxylation is 3. The highest BCUT2D eigenvalue weighted by molar-refractivity contribution is 5.71. The molecule has 0 fully saturated rings. The zero-order chi connectivity index (χ0) is 20.1. The summed E-state index contributed by atoms with van der Waals surface area (Å²) >= 11 is 0. The minimum absolute atomic E-state index is 0.410. The topological polar surface area (TPSA) is 84.1 Å². The number of benzene rings is 1. The SMILES string of the molecule is C/C=C\C=C/C(C)CCC(O)Nc1nc2c(nc1C)-c1ccc(N)cc1CC2. The molecular weight excluding hydrogens is 348 g/mol. The number of aliphatic hydroxyl groups is 1. The van der Waals surface area contributed by atoms with Crippen LogP contribution in [0.4, 0.5) is 11.5 Å². The second-order valence-corrected chi connectivity index (χ2v) is 7.49. The van der Waals surface area contributed by atoms with Gasteiger partial charge in [-0.2, -0.15) is 0 Å². The van der Waals surface area contributed by atoms with Crippen LogP contribution >= 0.6 is 0 Å². The molecular formula is C23H30N4O. The van der Waals surface area contributed by atoms with Gasteiger partial charge >= 0.3 is 0 Å². The van der Waals surface area contributed by atoms with E-state index in [9.17, 15) is 5.11 Å². The second kappa shape index (κ2) is 9.02. The summed E-state index contributed by atoms with van der Waals surface area (Å²) in [6, 6.07) is 5.96. The number of anilines is 2. The summed E-state index contributed by atoms with van der Waals surface area (Å²) in [6.45, 7) is 6.08. The molecule has 0 saturated carbocycles. The van der Waals surface area contributed by atoms with E-state index < -0.39 is 6.23 Å². The third kappa shape index (κ3) is 4.78. The van der Waals surface area contributed by atoms with Crippen LogP contribution in [0.2, 0.25) is 0 Å². The first-order chi connectivity index (χ1) is 13.5. The van der Waals surface area contributed by atoms with Gasteiger partial charge < -0.3 is 16.2 Å². The van der Waals surface area contributed by atoms with Crippen LogP contribution in [0.15, 0.2) is 42.5 Å². The Hall–Kier alpha value is -2.66. The molecule has 28 heavy (non-hydrogen) atoms. The first kappa shape index (κ1) is 20.1. The number of nitrogens with one attached hydrogen (secondary N) is 1. The van der Waals surface area contributed by atoms with Crippen molar-refractivity contribution in [2.24, 2.45) is 5.92 Å². The molecule has 5 nitrogen and oxygen atoms in total. The van der Waals surface area contributed by atoms with Crippen molar-refractivity contribution in [2.75, 3.05) is 11.1 Å². The molecule has 1 heterocycles. The molecule has 2 unspecified atom stereocenters. The van der Waals surface area contributed by atoms with Crippen molar-refractivity contribution in [1.29, 1.82) is 0 Å². The Bertz CT molecular complexity index is 888. The smallest absolute Gasteiger partial charge is 0.149 e. The normalized spacial score (nSPS) is 15.4. The molecule has 3 rings (SSSR count). The first-order valence-electron chi connectivity index (χ1n) is 9.98. The number of aliphatic hydroxyl groups excluding tert-OH is 1. The summed E-state index contributed by atoms with van der Waals surface area (Å²) in [4.78, 5) is 9.56. The number of allylic oxidation sites excluding steroid dienone is 4. The zero-order valence-electron chi connectivity index (χ0n) is 16.9. The molecule has 148 valence electrons. The summed E-state index contributed by atoms with van der Waals surface area (Å²) in [5, 5.41) is 13.5. The molecule has 0 radical (unpaired) electrons. The molecule has 2 aromatic rings. The van der Waals surface area contributed by atoms with E-state index in [4.69, 9.17) is 15.7 Å². The van der Waals surface area contributed by atoms with Gasteiger partial charge in [0, 0.05) is 11.3 Å². The molecule has 0 aliphatic heterocycles. The van der Waals surface area contributed by atoms with Gasteiger partial charge in [0.25, 0.3) is 0 Å². The van der Waals surface area contributed by atoms with E-state index in [2.05, 4.69) is 24.4 Å². The maximum absolute atomic E-state index is 10.4. The van der Waals surface area contributed by atoms with Crippen molar-refractivity contribution in [3.05, 3.63) is 59.5 Å². The summed E-state index contributed by atoms with van der Waals surface area (Å²) in [5.41, 5.74) is 11.7. The maximum atomic E-state index is 10.4. The largest absolute Gasteiger partial charge is 0.399 e. The van der Waals surface area contributed by atoms with E-state index >= 15 is 0 Å². The van der Waals surface area contributed by atoms with Crippen LogP contribution in [0.5, 0.6) is 0 Å². The fourth-order valence-corrected chi connectivity index (χ4v) is 3.50. The summed E-state index contributed by atoms with van der Waals surface area (Å²) < 4.78 is 0. The van der Waals surface area contributed by atoms with Crippen molar-refractivity contribution in [3.8, 4) is 11.3 Å². The molecule has 1 aliphatic rings. The number of aromatic nitrogens is 2. The Morgan fingerprint density at radius 3 is 2.82 bits per heavy atom. The Labute approximate surface area is 167 Å². The van der Waals surface area contributed by atoms with Gasteiger partial charge in [-0.05, 0) is 63.1 Å². The summed E-state index contributed by atoms with van der Waals surface area (Å²) in [5.74, 6) is 1.08. The lowest BCUT2D eigenvalue weighted by Gasteiger charge is -2.22. The van der Waals surface area contributed by atoms with Gasteiger partial charge in [-0.15, -0.1) is 0 Å². The van der Waals surface area contributed by atoms with Crippen LogP contribution in [-0.4, -0.2) is 21.3 Å². The lowest BCUT2D eigenvalue weighted by atomic mass is 9.91. The van der Waals surface area contributed by atoms with Gasteiger partial charge in [-0.25, -0.2) is 9.97 Å². The standard InChI is InChI=1S/C23H30N4O/c1-4-5-6-7-15(2)8-13-21(28)27-23-16(3)25-22-19-11-10-18(24)14-17(19)9-12-20(22)26-23/h4-7,10-11,14-15,21,28H,8-9,12-13,24H2,1-3H3,(H,26,27)/b5-4-,7-6-. The van der Waals surface area contributed by atoms with E-state index in [1.165, 1.54) is 5.56 Å². The van der Waals surface area contributed by atoms with E-state index in [1.807, 2.05) is 44.2 Å². The third-order valence-electron chi connectivity index (χ3n) is 5.10. The van der Waals surface area contributed by atoms with Gasteiger partial charge in [0.05, 0.1) is 17.1 Å². The van der Waals surface area contributed by atoms with Crippen molar-refractivity contribution in [2.45, 2.75) is 52.7 Å². The molecule has 0 spiro atoms. The Balaban J connectivity index is 1.68. The number of nitrogen functional groups attached to an aromatic ring is 1. The van der Waals surface area contributed by atoms with E-state index in [-0.39, 0.29) is 0 Å². The van der Waals surface area contributed by atoms with E-state index in [0.29, 0.717) is 18.2 Å². The molecule has 5 heteroatoms. The molecule has 0 saturated heterocycles. The predicted molar refractivity (Wildman–Crippen MR) is 116 cm³/mol. The van der Waals surface area contributed by atoms with Gasteiger partial charge in [-0.3, -0.25) is 0 Å². The number of nitrogens with zero attached hydrogens (tertiary/aromatic N) is 2. The van der Waals surface area contributed by atoms with Crippen LogP contribution in [0.1, 0.15) is 43.6 Å². The highest BCUT2D eigenvalue weighted by Gasteiger charge is 2.21. The van der Waals surface area contributed by atoms with E-state index in [0.717, 1.165) is 47.6 Å².